The molecule has 0 aromatic rings. The van der Waals surface area contributed by atoms with Gasteiger partial charge >= 0.3 is 23.9 Å². The van der Waals surface area contributed by atoms with Crippen molar-refractivity contribution in [2.24, 2.45) is 0 Å². The Balaban J connectivity index is 4.50. The molecule has 9 heteroatoms. The van der Waals surface area contributed by atoms with Crippen molar-refractivity contribution in [3.8, 4) is 0 Å². The molecule has 9 nitrogen and oxygen atoms in total. The minimum atomic E-state index is -1.32. The first-order valence-corrected chi connectivity index (χ1v) is 5.87. The molecule has 0 saturated heterocycles. The van der Waals surface area contributed by atoms with Gasteiger partial charge < -0.3 is 24.7 Å². The Morgan fingerprint density at radius 2 is 1.55 bits per heavy atom. The monoisotopic (exact) mass is 290 g/mol. The van der Waals surface area contributed by atoms with Crippen LogP contribution in [0.1, 0.15) is 13.3 Å². The third kappa shape index (κ3) is 7.19. The fourth-order valence-corrected chi connectivity index (χ4v) is 1.35. The van der Waals surface area contributed by atoms with Gasteiger partial charge in [0.25, 0.3) is 0 Å². The molecular formula is C11H18N2O7. The van der Waals surface area contributed by atoms with Crippen molar-refractivity contribution < 1.29 is 34.1 Å². The van der Waals surface area contributed by atoms with Gasteiger partial charge in [-0.25, -0.2) is 4.79 Å². The first kappa shape index (κ1) is 17.7. The maximum absolute atomic E-state index is 11.9. The number of amides is 2. The van der Waals surface area contributed by atoms with Crippen molar-refractivity contribution in [1.82, 2.24) is 9.80 Å². The Morgan fingerprint density at radius 1 is 1.05 bits per heavy atom. The van der Waals surface area contributed by atoms with Crippen LogP contribution in [0.3, 0.4) is 0 Å². The van der Waals surface area contributed by atoms with Crippen molar-refractivity contribution in [3.05, 3.63) is 0 Å². The molecule has 0 radical (unpaired) electrons. The second-order valence-electron chi connectivity index (χ2n) is 3.90. The van der Waals surface area contributed by atoms with Gasteiger partial charge in [-0.1, -0.05) is 0 Å². The molecule has 2 amide bonds. The molecule has 0 fully saturated rings. The summed E-state index contributed by atoms with van der Waals surface area (Å²) in [6.45, 7) is 0.423. The number of ether oxygens (including phenoxy) is 1. The molecule has 2 N–H and O–H groups in total. The first-order valence-electron chi connectivity index (χ1n) is 5.87. The van der Waals surface area contributed by atoms with E-state index < -0.39 is 37.0 Å². The van der Waals surface area contributed by atoms with Crippen LogP contribution in [0.15, 0.2) is 0 Å². The SMILES string of the molecule is CCOC(=O)CCN(C)C(=O)N(CC(=O)O)CC(=O)O. The molecule has 20 heavy (non-hydrogen) atoms. The second-order valence-corrected chi connectivity index (χ2v) is 3.90. The van der Waals surface area contributed by atoms with Gasteiger partial charge in [-0.2, -0.15) is 0 Å². The third-order valence-corrected chi connectivity index (χ3v) is 2.21. The molecule has 0 aromatic carbocycles. The van der Waals surface area contributed by atoms with E-state index in [0.29, 0.717) is 4.90 Å². The zero-order valence-electron chi connectivity index (χ0n) is 11.4. The van der Waals surface area contributed by atoms with Crippen LogP contribution in [0.2, 0.25) is 0 Å². The molecule has 0 aliphatic carbocycles. The Labute approximate surface area is 115 Å². The number of carboxylic acids is 2. The fraction of sp³-hybridized carbons (Fsp3) is 0.636. The molecule has 114 valence electrons. The minimum absolute atomic E-state index is 0.00735. The Hall–Kier alpha value is -2.32. The predicted octanol–water partition coefficient (Wildman–Crippen LogP) is -0.537. The largest absolute Gasteiger partial charge is 0.480 e. The van der Waals surface area contributed by atoms with Crippen LogP contribution >= 0.6 is 0 Å². The van der Waals surface area contributed by atoms with Crippen molar-refractivity contribution in [1.29, 1.82) is 0 Å². The van der Waals surface area contributed by atoms with E-state index >= 15 is 0 Å². The van der Waals surface area contributed by atoms with Crippen molar-refractivity contribution >= 4 is 23.9 Å². The first-order chi connectivity index (χ1) is 9.27. The summed E-state index contributed by atoms with van der Waals surface area (Å²) in [4.78, 5) is 45.9. The highest BCUT2D eigenvalue weighted by Gasteiger charge is 2.23. The number of rotatable bonds is 8. The van der Waals surface area contributed by atoms with E-state index in [1.165, 1.54) is 7.05 Å². The summed E-state index contributed by atoms with van der Waals surface area (Å²) in [6, 6.07) is -0.779. The predicted molar refractivity (Wildman–Crippen MR) is 66.1 cm³/mol. The molecule has 0 unspecified atom stereocenters. The highest BCUT2D eigenvalue weighted by Crippen LogP contribution is 1.99. The van der Waals surface area contributed by atoms with E-state index in [4.69, 9.17) is 10.2 Å². The maximum atomic E-state index is 11.9. The van der Waals surface area contributed by atoms with Gasteiger partial charge in [-0.15, -0.1) is 0 Å². The normalized spacial score (nSPS) is 9.70. The number of hydrogen-bond acceptors (Lipinski definition) is 5. The summed E-state index contributed by atoms with van der Waals surface area (Å²) in [5.41, 5.74) is 0. The summed E-state index contributed by atoms with van der Waals surface area (Å²) < 4.78 is 4.68. The van der Waals surface area contributed by atoms with Crippen molar-refractivity contribution in [3.63, 3.8) is 0 Å². The van der Waals surface area contributed by atoms with Crippen LogP contribution in [-0.4, -0.2) is 77.2 Å². The molecule has 0 aromatic heterocycles. The van der Waals surface area contributed by atoms with Crippen LogP contribution in [0.25, 0.3) is 0 Å². The number of carbonyl (C=O) groups excluding carboxylic acids is 2. The van der Waals surface area contributed by atoms with Crippen LogP contribution in [0.4, 0.5) is 4.79 Å². The molecule has 0 atom stereocenters. The summed E-state index contributed by atoms with van der Waals surface area (Å²) >= 11 is 0. The molecule has 0 saturated carbocycles. The van der Waals surface area contributed by atoms with E-state index in [-0.39, 0.29) is 19.6 Å². The number of hydrogen-bond donors (Lipinski definition) is 2. The Morgan fingerprint density at radius 3 is 1.95 bits per heavy atom. The second kappa shape index (κ2) is 8.73. The Bertz CT molecular complexity index is 367. The highest BCUT2D eigenvalue weighted by molar-refractivity contribution is 5.84. The third-order valence-electron chi connectivity index (χ3n) is 2.21. The smallest absolute Gasteiger partial charge is 0.323 e. The average molecular weight is 290 g/mol. The van der Waals surface area contributed by atoms with Gasteiger partial charge in [0.05, 0.1) is 13.0 Å². The summed E-state index contributed by atoms with van der Waals surface area (Å²) in [5, 5.41) is 17.3. The number of nitrogens with zero attached hydrogens (tertiary/aromatic N) is 2. The quantitative estimate of drug-likeness (QED) is 0.575. The Kier molecular flexibility index (Phi) is 7.71. The zero-order chi connectivity index (χ0) is 15.7. The van der Waals surface area contributed by atoms with Gasteiger partial charge in [0.15, 0.2) is 0 Å². The lowest BCUT2D eigenvalue weighted by atomic mass is 10.4. The van der Waals surface area contributed by atoms with E-state index in [9.17, 15) is 19.2 Å². The lowest BCUT2D eigenvalue weighted by Gasteiger charge is -2.25. The molecule has 0 bridgehead atoms. The fourth-order valence-electron chi connectivity index (χ4n) is 1.35. The minimum Gasteiger partial charge on any atom is -0.480 e. The lowest BCUT2D eigenvalue weighted by molar-refractivity contribution is -0.144. The van der Waals surface area contributed by atoms with Gasteiger partial charge in [0.1, 0.15) is 13.1 Å². The molecule has 0 spiro atoms. The summed E-state index contributed by atoms with van der Waals surface area (Å²) in [5.74, 6) is -3.13. The topological polar surface area (TPSA) is 124 Å². The molecule has 0 aliphatic rings. The van der Waals surface area contributed by atoms with Crippen molar-refractivity contribution in [2.45, 2.75) is 13.3 Å². The van der Waals surface area contributed by atoms with Crippen LogP contribution in [0, 0.1) is 0 Å². The molecule has 0 heterocycles. The van der Waals surface area contributed by atoms with Crippen molar-refractivity contribution in [2.75, 3.05) is 33.3 Å². The van der Waals surface area contributed by atoms with Gasteiger partial charge in [0, 0.05) is 13.6 Å². The van der Waals surface area contributed by atoms with E-state index in [1.807, 2.05) is 0 Å². The standard InChI is InChI=1S/C11H18N2O7/c1-3-20-10(18)4-5-12(2)11(19)13(6-8(14)15)7-9(16)17/h3-7H2,1-2H3,(H,14,15)(H,16,17). The number of esters is 1. The highest BCUT2D eigenvalue weighted by atomic mass is 16.5. The van der Waals surface area contributed by atoms with E-state index in [2.05, 4.69) is 4.74 Å². The van der Waals surface area contributed by atoms with Gasteiger partial charge in [-0.3, -0.25) is 14.4 Å². The van der Waals surface area contributed by atoms with Crippen LogP contribution < -0.4 is 0 Å². The average Bonchev–Trinajstić information content (AvgIpc) is 2.33. The number of urea groups is 1. The van der Waals surface area contributed by atoms with E-state index in [0.717, 1.165) is 4.90 Å². The van der Waals surface area contributed by atoms with Crippen LogP contribution in [-0.2, 0) is 19.1 Å². The summed E-state index contributed by atoms with van der Waals surface area (Å²) in [7, 11) is 1.35. The zero-order valence-corrected chi connectivity index (χ0v) is 11.4. The number of carbonyl (C=O) groups is 4. The number of aliphatic carboxylic acids is 2. The van der Waals surface area contributed by atoms with Gasteiger partial charge in [0.2, 0.25) is 0 Å². The maximum Gasteiger partial charge on any atom is 0.323 e. The molecule has 0 rings (SSSR count). The van der Waals surface area contributed by atoms with Crippen LogP contribution in [0.5, 0.6) is 0 Å². The number of carboxylic acid groups (broad SMARTS) is 2. The lowest BCUT2D eigenvalue weighted by Crippen LogP contribution is -2.46. The molecule has 0 aliphatic heterocycles. The van der Waals surface area contributed by atoms with Gasteiger partial charge in [-0.05, 0) is 6.92 Å². The van der Waals surface area contributed by atoms with E-state index in [1.54, 1.807) is 6.92 Å². The molecular weight excluding hydrogens is 272 g/mol. The summed E-state index contributed by atoms with van der Waals surface area (Å²) in [6.07, 6.45) is -0.0515.